The number of hydrogen-bond acceptors (Lipinski definition) is 9. The summed E-state index contributed by atoms with van der Waals surface area (Å²) in [6.07, 6.45) is 17.9. The number of pyridine rings is 1. The first-order valence-corrected chi connectivity index (χ1v) is 20.3. The van der Waals surface area contributed by atoms with Crippen LogP contribution < -0.4 is 25.7 Å². The minimum atomic E-state index is -0.584. The van der Waals surface area contributed by atoms with Gasteiger partial charge in [0.15, 0.2) is 0 Å². The number of nitrogens with one attached hydrogen (secondary N) is 4. The van der Waals surface area contributed by atoms with Crippen LogP contribution in [0.5, 0.6) is 5.75 Å². The molecule has 0 spiro atoms. The fourth-order valence-corrected chi connectivity index (χ4v) is 7.92. The van der Waals surface area contributed by atoms with Gasteiger partial charge in [-0.05, 0) is 98.7 Å². The first-order chi connectivity index (χ1) is 24.7. The van der Waals surface area contributed by atoms with Crippen molar-refractivity contribution in [1.82, 2.24) is 25.2 Å². The number of alkyl carbamates (subject to hydrolysis) is 1. The van der Waals surface area contributed by atoms with Crippen LogP contribution in [0.1, 0.15) is 76.7 Å². The third-order valence-corrected chi connectivity index (χ3v) is 11.3. The van der Waals surface area contributed by atoms with Crippen LogP contribution in [-0.2, 0) is 25.5 Å². The largest absolute Gasteiger partial charge is 0.496 e. The van der Waals surface area contributed by atoms with Gasteiger partial charge in [-0.15, -0.1) is 15.2 Å². The van der Waals surface area contributed by atoms with Gasteiger partial charge in [0, 0.05) is 23.1 Å². The molecule has 2 aliphatic carbocycles. The molecule has 2 aromatic rings. The predicted octanol–water partition coefficient (Wildman–Crippen LogP) is 5.30. The highest BCUT2D eigenvalue weighted by Crippen LogP contribution is 2.32. The van der Waals surface area contributed by atoms with Gasteiger partial charge in [0.1, 0.15) is 18.1 Å². The van der Waals surface area contributed by atoms with E-state index in [4.69, 9.17) is 9.47 Å². The van der Waals surface area contributed by atoms with Crippen LogP contribution in [0.4, 0.5) is 4.79 Å². The van der Waals surface area contributed by atoms with Gasteiger partial charge in [0.25, 0.3) is 11.5 Å². The number of aryl methyl sites for hydroxylation is 1. The van der Waals surface area contributed by atoms with Gasteiger partial charge in [-0.1, -0.05) is 45.1 Å². The Hall–Kier alpha value is -3.41. The number of amides is 3. The molecule has 2 heterocycles. The maximum atomic E-state index is 12.2. The van der Waals surface area contributed by atoms with Gasteiger partial charge in [-0.3, -0.25) is 24.0 Å². The first-order valence-electron chi connectivity index (χ1n) is 18.0. The number of H-pyrrole nitrogens is 1. The van der Waals surface area contributed by atoms with Crippen LogP contribution in [0.15, 0.2) is 41.8 Å². The Morgan fingerprint density at radius 1 is 1.18 bits per heavy atom. The molecule has 5 rings (SSSR count). The lowest BCUT2D eigenvalue weighted by Gasteiger charge is -2.22. The second-order valence-corrected chi connectivity index (χ2v) is 15.6. The molecule has 14 heteroatoms. The van der Waals surface area contributed by atoms with Crippen molar-refractivity contribution in [3.8, 4) is 5.75 Å². The average molecular weight is 746 g/mol. The normalized spacial score (nSPS) is 18.3. The summed E-state index contributed by atoms with van der Waals surface area (Å²) in [5.74, 6) is 0.779. The molecule has 282 valence electrons. The number of fused-ring (bicyclic) bond motifs is 1. The minimum absolute atomic E-state index is 0.0454. The third-order valence-electron chi connectivity index (χ3n) is 8.82. The summed E-state index contributed by atoms with van der Waals surface area (Å²) in [5, 5.41) is 7.24. The van der Waals surface area contributed by atoms with E-state index in [-0.39, 0.29) is 35.9 Å². The van der Waals surface area contributed by atoms with Crippen molar-refractivity contribution >= 4 is 55.5 Å². The summed E-state index contributed by atoms with van der Waals surface area (Å²) >= 11 is 1.47. The number of carbonyl (C=O) groups excluding carboxylic acids is 4. The number of aromatic amines is 1. The van der Waals surface area contributed by atoms with E-state index in [9.17, 15) is 24.0 Å². The van der Waals surface area contributed by atoms with E-state index >= 15 is 0 Å². The molecular weight excluding hydrogens is 689 g/mol. The van der Waals surface area contributed by atoms with Gasteiger partial charge < -0.3 is 29.9 Å². The molecule has 1 aromatic carbocycles. The van der Waals surface area contributed by atoms with Crippen LogP contribution in [0.25, 0.3) is 10.8 Å². The van der Waals surface area contributed by atoms with E-state index in [1.807, 2.05) is 32.2 Å². The number of aldehydes is 1. The number of ether oxygens (including phenoxy) is 2. The van der Waals surface area contributed by atoms with Gasteiger partial charge in [0.05, 0.1) is 26.3 Å². The Balaban J connectivity index is 0.000000247. The lowest BCUT2D eigenvalue weighted by atomic mass is 9.99. The summed E-state index contributed by atoms with van der Waals surface area (Å²) in [5.41, 5.74) is 0.864. The summed E-state index contributed by atoms with van der Waals surface area (Å²) in [6, 6.07) is 5.00. The smallest absolute Gasteiger partial charge is 0.407 e. The molecule has 3 amide bonds. The van der Waals surface area contributed by atoms with E-state index in [1.54, 1.807) is 19.4 Å². The second kappa shape index (κ2) is 23.2. The zero-order valence-electron chi connectivity index (χ0n) is 30.3. The topological polar surface area (TPSA) is 159 Å². The summed E-state index contributed by atoms with van der Waals surface area (Å²) < 4.78 is 13.3. The van der Waals surface area contributed by atoms with Gasteiger partial charge in [-0.2, -0.15) is 0 Å². The second-order valence-electron chi connectivity index (χ2n) is 13.2. The van der Waals surface area contributed by atoms with E-state index < -0.39 is 12.1 Å². The van der Waals surface area contributed by atoms with Crippen molar-refractivity contribution in [2.24, 2.45) is 5.92 Å². The zero-order valence-corrected chi connectivity index (χ0v) is 32.1. The van der Waals surface area contributed by atoms with Crippen LogP contribution in [-0.4, -0.2) is 91.2 Å². The number of rotatable bonds is 16. The Bertz CT molecular complexity index is 1480. The molecule has 0 bridgehead atoms. The number of methoxy groups -OCH3 is 1. The standard InChI is InChI=1S/C19H24N2O5.C13H22N3O2PS.C5H10/c1-13(12-26-19(24)21-8-9-22)4-3-5-15-10-16-14(11-17(15)25-2)6-7-20-18(16)23;1-3-4-10(12(17)15-20-9-5-6-9)14-13(18)11-7-19-8-16(11)2;1-2-4-5-3-1/h6-7,9-11,13H,3-5,8,12H2,1-2H3,(H,20,23)(H,21,24);3,9-11,19H,1,4-8H2,2H3,(H,14,18)(H,15,17);1-5H2/t13-;;/m1../s1. The maximum absolute atomic E-state index is 12.2. The molecule has 1 aliphatic heterocycles. The quantitative estimate of drug-likeness (QED) is 0.0775. The van der Waals surface area contributed by atoms with Gasteiger partial charge in [0.2, 0.25) is 5.91 Å². The molecule has 3 fully saturated rings. The summed E-state index contributed by atoms with van der Waals surface area (Å²) in [7, 11) is 4.37. The highest BCUT2D eigenvalue weighted by Gasteiger charge is 2.31. The van der Waals surface area contributed by atoms with Crippen LogP contribution in [0.3, 0.4) is 0 Å². The van der Waals surface area contributed by atoms with Crippen molar-refractivity contribution in [3.63, 3.8) is 0 Å². The number of nitrogens with zero attached hydrogens (tertiary/aromatic N) is 1. The molecule has 1 aromatic heterocycles. The molecule has 3 aliphatic rings. The molecule has 2 saturated carbocycles. The molecule has 4 atom stereocenters. The Kier molecular flexibility index (Phi) is 19.1. The maximum Gasteiger partial charge on any atom is 0.407 e. The molecule has 12 nitrogen and oxygen atoms in total. The highest BCUT2D eigenvalue weighted by atomic mass is 32.2. The molecule has 1 saturated heterocycles. The molecule has 0 radical (unpaired) electrons. The number of benzene rings is 1. The Labute approximate surface area is 307 Å². The Morgan fingerprint density at radius 3 is 2.51 bits per heavy atom. The summed E-state index contributed by atoms with van der Waals surface area (Å²) in [4.78, 5) is 62.5. The minimum Gasteiger partial charge on any atom is -0.496 e. The fourth-order valence-electron chi connectivity index (χ4n) is 5.65. The van der Waals surface area contributed by atoms with E-state index in [0.29, 0.717) is 30.0 Å². The SMILES string of the molecule is C1CCCC1.C=CCC(NC(=O)C1CPCN1C)C(=O)NSC1CC1.COc1cc2cc[nH]c(=O)c2cc1CCC[C@@H](C)COC(=O)NCC=O. The number of carbonyl (C=O) groups is 4. The van der Waals surface area contributed by atoms with Gasteiger partial charge in [-0.25, -0.2) is 4.79 Å². The first kappa shape index (κ1) is 42.0. The number of likely N-dealkylation sites (N-methyl/N-ethyl adjacent to an activating group) is 1. The van der Waals surface area contributed by atoms with Crippen molar-refractivity contribution in [3.05, 3.63) is 53.0 Å². The van der Waals surface area contributed by atoms with Crippen LogP contribution in [0.2, 0.25) is 0 Å². The zero-order chi connectivity index (χ0) is 37.0. The van der Waals surface area contributed by atoms with E-state index in [2.05, 4.69) is 31.8 Å². The van der Waals surface area contributed by atoms with Crippen molar-refractivity contribution in [2.75, 3.05) is 39.8 Å². The third kappa shape index (κ3) is 15.4. The number of aromatic nitrogens is 1. The molecule has 51 heavy (non-hydrogen) atoms. The van der Waals surface area contributed by atoms with Crippen LogP contribution >= 0.6 is 20.5 Å². The predicted molar refractivity (Wildman–Crippen MR) is 207 cm³/mol. The summed E-state index contributed by atoms with van der Waals surface area (Å²) in [6.45, 7) is 5.90. The number of hydrogen-bond donors (Lipinski definition) is 4. The molecule has 4 N–H and O–H groups in total. The average Bonchev–Trinajstić information content (AvgIpc) is 3.53. The molecular formula is C37H56N5O7PS. The van der Waals surface area contributed by atoms with E-state index in [0.717, 1.165) is 69.8 Å². The monoisotopic (exact) mass is 745 g/mol. The lowest BCUT2D eigenvalue weighted by Crippen LogP contribution is -2.51. The van der Waals surface area contributed by atoms with Gasteiger partial charge >= 0.3 is 6.09 Å². The molecule has 3 unspecified atom stereocenters. The highest BCUT2D eigenvalue weighted by molar-refractivity contribution is 7.98. The Morgan fingerprint density at radius 2 is 1.90 bits per heavy atom. The van der Waals surface area contributed by atoms with Crippen molar-refractivity contribution < 1.29 is 28.7 Å². The van der Waals surface area contributed by atoms with E-state index in [1.165, 1.54) is 44.1 Å². The van der Waals surface area contributed by atoms with Crippen molar-refractivity contribution in [1.29, 1.82) is 0 Å². The fraction of sp³-hybridized carbons (Fsp3) is 0.595. The van der Waals surface area contributed by atoms with Crippen molar-refractivity contribution in [2.45, 2.75) is 94.9 Å². The van der Waals surface area contributed by atoms with Crippen LogP contribution in [0, 0.1) is 5.92 Å². The lowest BCUT2D eigenvalue weighted by molar-refractivity contribution is -0.130.